The lowest BCUT2D eigenvalue weighted by molar-refractivity contribution is -0.138. The zero-order valence-corrected chi connectivity index (χ0v) is 30.0. The van der Waals surface area contributed by atoms with Gasteiger partial charge < -0.3 is 23.3 Å². The van der Waals surface area contributed by atoms with Gasteiger partial charge in [0.15, 0.2) is 0 Å². The van der Waals surface area contributed by atoms with Crippen molar-refractivity contribution in [3.05, 3.63) is 124 Å². The molecule has 4 aromatic carbocycles. The Kier molecular flexibility index (Phi) is 12.5. The van der Waals surface area contributed by atoms with Crippen LogP contribution in [0.2, 0.25) is 15.1 Å². The first-order valence-corrected chi connectivity index (χ1v) is 19.3. The average Bonchev–Trinajstić information content (AvgIpc) is 3.02. The summed E-state index contributed by atoms with van der Waals surface area (Å²) in [4.78, 5) is 12.2. The second-order valence-corrected chi connectivity index (χ2v) is 19.3. The van der Waals surface area contributed by atoms with E-state index in [1.165, 1.54) is 25.3 Å². The lowest BCUT2D eigenvalue weighted by atomic mass is 10.2. The summed E-state index contributed by atoms with van der Waals surface area (Å²) in [5.41, 5.74) is 1.06. The first kappa shape index (κ1) is 36.8. The highest BCUT2D eigenvalue weighted by molar-refractivity contribution is 7.53. The van der Waals surface area contributed by atoms with Crippen LogP contribution in [0.3, 0.4) is 0 Å². The standard InChI is InChI=1S/C35H38Cl2FO7PSi/c1-35(2,3)47(29-11-7-5-8-12-29,30-13-9-6-10-14-30)45-28(21-34(39)40)24-46(41,42-4)44-23-31-32(37)19-26(36)20-33(31)43-22-25-15-17-27(38)18-16-25/h5-20,28H,21-24H2,1-4H3,(H,39,40)/t28-,46?/m0/s1. The molecule has 47 heavy (non-hydrogen) atoms. The molecule has 0 heterocycles. The van der Waals surface area contributed by atoms with E-state index in [2.05, 4.69) is 20.8 Å². The Morgan fingerprint density at radius 2 is 1.49 bits per heavy atom. The molecule has 0 fully saturated rings. The van der Waals surface area contributed by atoms with E-state index in [-0.39, 0.29) is 36.0 Å². The van der Waals surface area contributed by atoms with Crippen LogP contribution in [-0.2, 0) is 36.0 Å². The summed E-state index contributed by atoms with van der Waals surface area (Å²) in [6.45, 7) is 6.00. The SMILES string of the molecule is COP(=O)(C[C@H](CC(=O)O)O[Si](c1ccccc1)(c1ccccc1)C(C)(C)C)OCc1c(Cl)cc(Cl)cc1OCc1ccc(F)cc1. The summed E-state index contributed by atoms with van der Waals surface area (Å²) < 4.78 is 52.0. The fourth-order valence-electron chi connectivity index (χ4n) is 5.46. The number of carboxylic acids is 1. The molecule has 4 aromatic rings. The van der Waals surface area contributed by atoms with Gasteiger partial charge in [-0.2, -0.15) is 0 Å². The van der Waals surface area contributed by atoms with E-state index in [1.54, 1.807) is 18.2 Å². The van der Waals surface area contributed by atoms with E-state index >= 15 is 0 Å². The van der Waals surface area contributed by atoms with Crippen molar-refractivity contribution in [2.24, 2.45) is 0 Å². The van der Waals surface area contributed by atoms with Gasteiger partial charge in [0.1, 0.15) is 18.2 Å². The summed E-state index contributed by atoms with van der Waals surface area (Å²) >= 11 is 12.8. The van der Waals surface area contributed by atoms with E-state index in [9.17, 15) is 18.9 Å². The van der Waals surface area contributed by atoms with Gasteiger partial charge in [-0.1, -0.05) is 117 Å². The van der Waals surface area contributed by atoms with Crippen LogP contribution in [0.5, 0.6) is 5.75 Å². The number of halogens is 3. The zero-order valence-electron chi connectivity index (χ0n) is 26.6. The van der Waals surface area contributed by atoms with Crippen molar-refractivity contribution in [2.75, 3.05) is 13.3 Å². The monoisotopic (exact) mass is 718 g/mol. The molecule has 0 spiro atoms. The molecule has 1 unspecified atom stereocenters. The van der Waals surface area contributed by atoms with Crippen LogP contribution in [0.1, 0.15) is 38.3 Å². The minimum atomic E-state index is -3.99. The maximum Gasteiger partial charge on any atom is 0.333 e. The van der Waals surface area contributed by atoms with Gasteiger partial charge >= 0.3 is 13.6 Å². The van der Waals surface area contributed by atoms with Crippen LogP contribution >= 0.6 is 30.8 Å². The van der Waals surface area contributed by atoms with Crippen molar-refractivity contribution in [2.45, 2.75) is 51.5 Å². The van der Waals surface area contributed by atoms with Gasteiger partial charge in [-0.3, -0.25) is 9.36 Å². The van der Waals surface area contributed by atoms with Crippen molar-refractivity contribution in [3.63, 3.8) is 0 Å². The van der Waals surface area contributed by atoms with Crippen LogP contribution in [0.15, 0.2) is 97.1 Å². The second-order valence-electron chi connectivity index (χ2n) is 12.0. The zero-order chi connectivity index (χ0) is 34.2. The fraction of sp³-hybridized carbons (Fsp3) is 0.286. The van der Waals surface area contributed by atoms with Crippen molar-refractivity contribution < 1.29 is 37.1 Å². The summed E-state index contributed by atoms with van der Waals surface area (Å²) in [5.74, 6) is -1.21. The molecule has 0 saturated carbocycles. The quantitative estimate of drug-likeness (QED) is 0.0974. The molecular formula is C35H38Cl2FO7PSi. The Morgan fingerprint density at radius 3 is 2.00 bits per heavy atom. The Morgan fingerprint density at radius 1 is 0.915 bits per heavy atom. The van der Waals surface area contributed by atoms with E-state index < -0.39 is 39.4 Å². The van der Waals surface area contributed by atoms with E-state index in [0.717, 1.165) is 10.4 Å². The maximum atomic E-state index is 14.2. The number of hydrogen-bond donors (Lipinski definition) is 1. The number of rotatable bonds is 15. The molecule has 0 aromatic heterocycles. The topological polar surface area (TPSA) is 91.3 Å². The Bertz CT molecular complexity index is 1650. The van der Waals surface area contributed by atoms with Gasteiger partial charge in [-0.25, -0.2) is 4.39 Å². The molecule has 0 radical (unpaired) electrons. The second kappa shape index (κ2) is 15.9. The molecule has 12 heteroatoms. The van der Waals surface area contributed by atoms with E-state index in [1.807, 2.05) is 60.7 Å². The number of carbonyl (C=O) groups is 1. The third-order valence-electron chi connectivity index (χ3n) is 7.70. The van der Waals surface area contributed by atoms with Crippen molar-refractivity contribution in [1.82, 2.24) is 0 Å². The predicted octanol–water partition coefficient (Wildman–Crippen LogP) is 8.49. The van der Waals surface area contributed by atoms with Crippen molar-refractivity contribution in [1.29, 1.82) is 0 Å². The van der Waals surface area contributed by atoms with Gasteiger partial charge in [0.05, 0.1) is 30.3 Å². The molecule has 250 valence electrons. The number of aliphatic carboxylic acids is 1. The third kappa shape index (κ3) is 9.33. The van der Waals surface area contributed by atoms with Crippen LogP contribution in [0.25, 0.3) is 0 Å². The highest BCUT2D eigenvalue weighted by Gasteiger charge is 2.52. The first-order chi connectivity index (χ1) is 22.3. The van der Waals surface area contributed by atoms with E-state index in [4.69, 9.17) is 41.4 Å². The number of ether oxygens (including phenoxy) is 1. The molecule has 0 bridgehead atoms. The maximum absolute atomic E-state index is 14.2. The van der Waals surface area contributed by atoms with Gasteiger partial charge in [0.25, 0.3) is 8.32 Å². The van der Waals surface area contributed by atoms with Crippen LogP contribution in [-0.4, -0.2) is 38.8 Å². The molecule has 0 aliphatic carbocycles. The van der Waals surface area contributed by atoms with Crippen LogP contribution in [0.4, 0.5) is 4.39 Å². The molecule has 0 amide bonds. The summed E-state index contributed by atoms with van der Waals surface area (Å²) in [6, 6.07) is 28.4. The number of hydrogen-bond acceptors (Lipinski definition) is 6. The number of carboxylic acid groups (broad SMARTS) is 1. The predicted molar refractivity (Wildman–Crippen MR) is 186 cm³/mol. The highest BCUT2D eigenvalue weighted by atomic mass is 35.5. The highest BCUT2D eigenvalue weighted by Crippen LogP contribution is 2.51. The molecule has 7 nitrogen and oxygen atoms in total. The van der Waals surface area contributed by atoms with Crippen molar-refractivity contribution >= 4 is 55.5 Å². The Balaban J connectivity index is 1.65. The normalized spacial score (nSPS) is 13.9. The van der Waals surface area contributed by atoms with Gasteiger partial charge in [-0.05, 0) is 45.2 Å². The number of benzene rings is 4. The van der Waals surface area contributed by atoms with Crippen LogP contribution < -0.4 is 15.1 Å². The summed E-state index contributed by atoms with van der Waals surface area (Å²) in [5, 5.41) is 11.9. The fourth-order valence-corrected chi connectivity index (χ4v) is 12.2. The minimum Gasteiger partial charge on any atom is -0.488 e. The lowest BCUT2D eigenvalue weighted by Crippen LogP contribution is -2.68. The van der Waals surface area contributed by atoms with Crippen LogP contribution in [0, 0.1) is 5.82 Å². The smallest absolute Gasteiger partial charge is 0.333 e. The van der Waals surface area contributed by atoms with Crippen molar-refractivity contribution in [3.8, 4) is 5.75 Å². The molecular weight excluding hydrogens is 681 g/mol. The Labute approximate surface area is 286 Å². The molecule has 1 N–H and O–H groups in total. The first-order valence-electron chi connectivity index (χ1n) is 14.9. The molecule has 0 aliphatic rings. The van der Waals surface area contributed by atoms with Gasteiger partial charge in [-0.15, -0.1) is 0 Å². The minimum absolute atomic E-state index is 0.0822. The van der Waals surface area contributed by atoms with E-state index in [0.29, 0.717) is 16.1 Å². The molecule has 2 atom stereocenters. The van der Waals surface area contributed by atoms with Gasteiger partial charge in [0, 0.05) is 17.7 Å². The molecule has 0 saturated heterocycles. The van der Waals surface area contributed by atoms with Gasteiger partial charge in [0.2, 0.25) is 0 Å². The summed E-state index contributed by atoms with van der Waals surface area (Å²) in [6.07, 6.45) is -1.81. The molecule has 4 rings (SSSR count). The third-order valence-corrected chi connectivity index (χ3v) is 15.3. The Hall–Kier alpha value is -3.01. The summed E-state index contributed by atoms with van der Waals surface area (Å²) in [7, 11) is -5.97. The average molecular weight is 720 g/mol. The molecule has 0 aliphatic heterocycles. The lowest BCUT2D eigenvalue weighted by Gasteiger charge is -2.45. The largest absolute Gasteiger partial charge is 0.488 e.